The van der Waals surface area contributed by atoms with E-state index < -0.39 is 24.0 Å². The van der Waals surface area contributed by atoms with Crippen LogP contribution in [0, 0.1) is 5.92 Å². The van der Waals surface area contributed by atoms with Crippen LogP contribution < -0.4 is 5.32 Å². The van der Waals surface area contributed by atoms with Gasteiger partial charge in [0.15, 0.2) is 0 Å². The number of halogens is 2. The number of carbonyl (C=O) groups excluding carboxylic acids is 1. The summed E-state index contributed by atoms with van der Waals surface area (Å²) in [6.45, 7) is 0.0174. The molecule has 5 rings (SSSR count). The summed E-state index contributed by atoms with van der Waals surface area (Å²) < 4.78 is 32.2. The minimum absolute atomic E-state index is 0.0174. The van der Waals surface area contributed by atoms with Crippen LogP contribution in [0.15, 0.2) is 85.1 Å². The van der Waals surface area contributed by atoms with E-state index in [4.69, 9.17) is 0 Å². The van der Waals surface area contributed by atoms with E-state index in [9.17, 15) is 9.90 Å². The molecule has 1 aromatic heterocycles. The van der Waals surface area contributed by atoms with Crippen LogP contribution in [0.1, 0.15) is 23.2 Å². The zero-order chi connectivity index (χ0) is 23.7. The summed E-state index contributed by atoms with van der Waals surface area (Å²) in [6.07, 6.45) is -2.18. The SMILES string of the molecule is O=C(NC[C@H]1CC[C@](F)(n2cc3ccc(-c4ccccc4)cc3n2)[C@H](O)[C@@H]1F)c1ccccc1. The fourth-order valence-corrected chi connectivity index (χ4v) is 4.59. The van der Waals surface area contributed by atoms with Crippen molar-refractivity contribution < 1.29 is 18.7 Å². The van der Waals surface area contributed by atoms with Crippen LogP contribution in [0.2, 0.25) is 0 Å². The van der Waals surface area contributed by atoms with E-state index in [0.717, 1.165) is 15.8 Å². The standard InChI is InChI=1S/C27H25F2N3O2/c28-24-21(16-30-26(34)19-9-5-2-6-10-19)13-14-27(29,25(24)33)32-17-22-12-11-20(15-23(22)31-32)18-7-3-1-4-8-18/h1-12,15,17,21,24-25,33H,13-14,16H2,(H,30,34)/t21-,24-,25-,27+/m1/s1. The van der Waals surface area contributed by atoms with E-state index >= 15 is 8.78 Å². The van der Waals surface area contributed by atoms with Crippen LogP contribution in [0.3, 0.4) is 0 Å². The van der Waals surface area contributed by atoms with Gasteiger partial charge in [0, 0.05) is 36.0 Å². The van der Waals surface area contributed by atoms with Crippen molar-refractivity contribution in [2.24, 2.45) is 5.92 Å². The molecule has 3 aromatic carbocycles. The Morgan fingerprint density at radius 2 is 1.76 bits per heavy atom. The molecule has 0 saturated heterocycles. The maximum absolute atomic E-state index is 16.0. The number of fused-ring (bicyclic) bond motifs is 1. The van der Waals surface area contributed by atoms with Crippen LogP contribution >= 0.6 is 0 Å². The molecule has 34 heavy (non-hydrogen) atoms. The van der Waals surface area contributed by atoms with Crippen LogP contribution in [-0.2, 0) is 5.79 Å². The lowest BCUT2D eigenvalue weighted by Gasteiger charge is -2.40. The number of hydrogen-bond donors (Lipinski definition) is 2. The first-order valence-electron chi connectivity index (χ1n) is 11.4. The first-order chi connectivity index (χ1) is 16.5. The zero-order valence-corrected chi connectivity index (χ0v) is 18.4. The van der Waals surface area contributed by atoms with Gasteiger partial charge >= 0.3 is 0 Å². The number of benzene rings is 3. The Hall–Kier alpha value is -3.58. The molecule has 0 spiro atoms. The molecule has 7 heteroatoms. The van der Waals surface area contributed by atoms with Crippen molar-refractivity contribution >= 4 is 16.8 Å². The quantitative estimate of drug-likeness (QED) is 0.446. The van der Waals surface area contributed by atoms with Gasteiger partial charge in [0.1, 0.15) is 12.3 Å². The summed E-state index contributed by atoms with van der Waals surface area (Å²) in [5, 5.41) is 18.4. The molecular weight excluding hydrogens is 436 g/mol. The van der Waals surface area contributed by atoms with Gasteiger partial charge in [-0.3, -0.25) is 4.79 Å². The summed E-state index contributed by atoms with van der Waals surface area (Å²) in [7, 11) is 0. The highest BCUT2D eigenvalue weighted by Crippen LogP contribution is 2.41. The summed E-state index contributed by atoms with van der Waals surface area (Å²) in [5.41, 5.74) is 2.98. The zero-order valence-electron chi connectivity index (χ0n) is 18.4. The number of aliphatic hydroxyl groups is 1. The molecule has 5 nitrogen and oxygen atoms in total. The second-order valence-electron chi connectivity index (χ2n) is 8.80. The van der Waals surface area contributed by atoms with E-state index in [-0.39, 0.29) is 25.3 Å². The number of carbonyl (C=O) groups is 1. The van der Waals surface area contributed by atoms with Gasteiger partial charge in [-0.05, 0) is 35.7 Å². The van der Waals surface area contributed by atoms with Crippen LogP contribution in [0.25, 0.3) is 22.0 Å². The topological polar surface area (TPSA) is 67.2 Å². The molecule has 174 valence electrons. The average molecular weight is 462 g/mol. The van der Waals surface area contributed by atoms with Gasteiger partial charge in [0.05, 0.1) is 5.52 Å². The fraction of sp³-hybridized carbons (Fsp3) is 0.259. The van der Waals surface area contributed by atoms with E-state index in [2.05, 4.69) is 10.4 Å². The lowest BCUT2D eigenvalue weighted by Crippen LogP contribution is -2.54. The Labute approximate surface area is 196 Å². The Morgan fingerprint density at radius 3 is 2.50 bits per heavy atom. The van der Waals surface area contributed by atoms with Crippen LogP contribution in [0.5, 0.6) is 0 Å². The molecule has 0 unspecified atom stereocenters. The van der Waals surface area contributed by atoms with Crippen molar-refractivity contribution in [2.75, 3.05) is 6.54 Å². The molecule has 0 radical (unpaired) electrons. The molecule has 1 fully saturated rings. The molecule has 4 aromatic rings. The van der Waals surface area contributed by atoms with Gasteiger partial charge in [-0.25, -0.2) is 13.5 Å². The normalized spacial score (nSPS) is 24.7. The number of hydrogen-bond acceptors (Lipinski definition) is 3. The molecule has 1 saturated carbocycles. The smallest absolute Gasteiger partial charge is 0.251 e. The lowest BCUT2D eigenvalue weighted by molar-refractivity contribution is -0.153. The number of amides is 1. The lowest BCUT2D eigenvalue weighted by atomic mass is 9.80. The average Bonchev–Trinajstić information content (AvgIpc) is 3.32. The van der Waals surface area contributed by atoms with Crippen LogP contribution in [0.4, 0.5) is 8.78 Å². The summed E-state index contributed by atoms with van der Waals surface area (Å²) in [5.74, 6) is -3.39. The molecule has 1 amide bonds. The number of nitrogens with one attached hydrogen (secondary N) is 1. The first-order valence-corrected chi connectivity index (χ1v) is 11.4. The number of aromatic nitrogens is 2. The predicted octanol–water partition coefficient (Wildman–Crippen LogP) is 4.86. The minimum atomic E-state index is -2.37. The van der Waals surface area contributed by atoms with Crippen LogP contribution in [-0.4, -0.2) is 39.6 Å². The second-order valence-corrected chi connectivity index (χ2v) is 8.80. The molecule has 0 bridgehead atoms. The Bertz CT molecular complexity index is 1300. The highest BCUT2D eigenvalue weighted by molar-refractivity contribution is 5.94. The predicted molar refractivity (Wildman–Crippen MR) is 127 cm³/mol. The Balaban J connectivity index is 1.32. The summed E-state index contributed by atoms with van der Waals surface area (Å²) >= 11 is 0. The summed E-state index contributed by atoms with van der Waals surface area (Å²) in [6, 6.07) is 24.0. The summed E-state index contributed by atoms with van der Waals surface area (Å²) in [4.78, 5) is 12.3. The molecular formula is C27H25F2N3O2. The van der Waals surface area contributed by atoms with Gasteiger partial charge in [-0.1, -0.05) is 60.7 Å². The molecule has 1 aliphatic carbocycles. The number of nitrogens with zero attached hydrogens (tertiary/aromatic N) is 2. The van der Waals surface area contributed by atoms with Gasteiger partial charge in [0.25, 0.3) is 5.91 Å². The van der Waals surface area contributed by atoms with Gasteiger partial charge < -0.3 is 10.4 Å². The van der Waals surface area contributed by atoms with E-state index in [1.165, 1.54) is 6.20 Å². The maximum Gasteiger partial charge on any atom is 0.251 e. The van der Waals surface area contributed by atoms with Crippen molar-refractivity contribution in [3.8, 4) is 11.1 Å². The third-order valence-electron chi connectivity index (χ3n) is 6.63. The first kappa shape index (κ1) is 22.2. The number of alkyl halides is 2. The monoisotopic (exact) mass is 461 g/mol. The minimum Gasteiger partial charge on any atom is -0.385 e. The maximum atomic E-state index is 16.0. The Morgan fingerprint density at radius 1 is 1.06 bits per heavy atom. The Kier molecular flexibility index (Phi) is 5.87. The number of aliphatic hydroxyl groups excluding tert-OH is 1. The largest absolute Gasteiger partial charge is 0.385 e. The molecule has 0 aliphatic heterocycles. The van der Waals surface area contributed by atoms with Crippen molar-refractivity contribution in [3.05, 3.63) is 90.6 Å². The van der Waals surface area contributed by atoms with Gasteiger partial charge in [0.2, 0.25) is 5.79 Å². The molecule has 2 N–H and O–H groups in total. The van der Waals surface area contributed by atoms with Crippen molar-refractivity contribution in [1.82, 2.24) is 15.1 Å². The third-order valence-corrected chi connectivity index (χ3v) is 6.63. The van der Waals surface area contributed by atoms with E-state index in [0.29, 0.717) is 16.5 Å². The van der Waals surface area contributed by atoms with Crippen molar-refractivity contribution in [1.29, 1.82) is 0 Å². The highest BCUT2D eigenvalue weighted by Gasteiger charge is 2.52. The molecule has 1 heterocycles. The molecule has 1 aliphatic rings. The second kappa shape index (κ2) is 8.99. The highest BCUT2D eigenvalue weighted by atomic mass is 19.2. The van der Waals surface area contributed by atoms with Crippen molar-refractivity contribution in [2.45, 2.75) is 30.9 Å². The van der Waals surface area contributed by atoms with Gasteiger partial charge in [-0.2, -0.15) is 5.10 Å². The van der Waals surface area contributed by atoms with E-state index in [1.54, 1.807) is 30.3 Å². The fourth-order valence-electron chi connectivity index (χ4n) is 4.59. The van der Waals surface area contributed by atoms with Gasteiger partial charge in [-0.15, -0.1) is 0 Å². The van der Waals surface area contributed by atoms with Crippen molar-refractivity contribution in [3.63, 3.8) is 0 Å². The molecule has 4 atom stereocenters. The number of rotatable bonds is 5. The third kappa shape index (κ3) is 4.07. The van der Waals surface area contributed by atoms with E-state index in [1.807, 2.05) is 48.5 Å².